The van der Waals surface area contributed by atoms with E-state index in [4.69, 9.17) is 4.99 Å². The molecule has 0 saturated heterocycles. The third-order valence-corrected chi connectivity index (χ3v) is 6.25. The number of pyridine rings is 2. The van der Waals surface area contributed by atoms with E-state index in [1.807, 2.05) is 53.2 Å². The van der Waals surface area contributed by atoms with Gasteiger partial charge in [-0.1, -0.05) is 30.4 Å². The number of hydrogen-bond donors (Lipinski definition) is 0. The molecule has 6 nitrogen and oxygen atoms in total. The molecule has 6 rings (SSSR count). The van der Waals surface area contributed by atoms with Crippen molar-refractivity contribution in [1.82, 2.24) is 19.1 Å². The fourth-order valence-corrected chi connectivity index (χ4v) is 4.61. The maximum atomic E-state index is 13.7. The van der Waals surface area contributed by atoms with Gasteiger partial charge in [0.25, 0.3) is 5.56 Å². The highest BCUT2D eigenvalue weighted by Gasteiger charge is 2.52. The van der Waals surface area contributed by atoms with Gasteiger partial charge in [-0.25, -0.2) is 9.97 Å². The van der Waals surface area contributed by atoms with Crippen LogP contribution in [0.3, 0.4) is 0 Å². The first-order valence-corrected chi connectivity index (χ1v) is 10.4. The Bertz CT molecular complexity index is 1380. The predicted octanol–water partition coefficient (Wildman–Crippen LogP) is 3.91. The Kier molecular flexibility index (Phi) is 3.75. The Morgan fingerprint density at radius 1 is 1.07 bits per heavy atom. The Morgan fingerprint density at radius 2 is 1.97 bits per heavy atom. The number of imidazole rings is 1. The fourth-order valence-electron chi connectivity index (χ4n) is 4.61. The van der Waals surface area contributed by atoms with Gasteiger partial charge >= 0.3 is 0 Å². The molecule has 0 spiro atoms. The van der Waals surface area contributed by atoms with Gasteiger partial charge in [-0.05, 0) is 49.7 Å². The number of para-hydroxylation sites is 1. The van der Waals surface area contributed by atoms with E-state index in [-0.39, 0.29) is 11.0 Å². The first-order chi connectivity index (χ1) is 14.8. The zero-order valence-electron chi connectivity index (χ0n) is 16.5. The summed E-state index contributed by atoms with van der Waals surface area (Å²) in [5, 5.41) is 0.880. The van der Waals surface area contributed by atoms with Crippen LogP contribution in [0, 0.1) is 5.41 Å². The largest absolute Gasteiger partial charge is 0.325 e. The average Bonchev–Trinajstić information content (AvgIpc) is 3.23. The number of benzene rings is 1. The highest BCUT2D eigenvalue weighted by Crippen LogP contribution is 2.52. The molecule has 1 aliphatic carbocycles. The summed E-state index contributed by atoms with van der Waals surface area (Å²) in [4.78, 5) is 27.6. The number of aromatic nitrogens is 4. The van der Waals surface area contributed by atoms with Crippen molar-refractivity contribution in [1.29, 1.82) is 0 Å². The van der Waals surface area contributed by atoms with Crippen LogP contribution in [0.4, 0.5) is 0 Å². The van der Waals surface area contributed by atoms with Crippen LogP contribution < -0.4 is 5.56 Å². The van der Waals surface area contributed by atoms with Crippen molar-refractivity contribution in [3.63, 3.8) is 0 Å². The van der Waals surface area contributed by atoms with E-state index in [2.05, 4.69) is 22.1 Å². The van der Waals surface area contributed by atoms with Crippen molar-refractivity contribution in [2.24, 2.45) is 10.4 Å². The molecule has 4 heterocycles. The lowest BCUT2D eigenvalue weighted by molar-refractivity contribution is 0.506. The molecule has 1 aromatic carbocycles. The van der Waals surface area contributed by atoms with Gasteiger partial charge in [0.15, 0.2) is 0 Å². The van der Waals surface area contributed by atoms with Gasteiger partial charge in [-0.3, -0.25) is 14.4 Å². The molecule has 0 N–H and O–H groups in total. The van der Waals surface area contributed by atoms with E-state index in [1.165, 1.54) is 0 Å². The second-order valence-corrected chi connectivity index (χ2v) is 8.18. The third-order valence-electron chi connectivity index (χ3n) is 6.25. The number of aliphatic imine (C=N–C) groups is 1. The molecular weight excluding hydrogens is 374 g/mol. The summed E-state index contributed by atoms with van der Waals surface area (Å²) < 4.78 is 3.72. The van der Waals surface area contributed by atoms with Crippen molar-refractivity contribution < 1.29 is 0 Å². The fraction of sp³-hybridized carbons (Fsp3) is 0.250. The summed E-state index contributed by atoms with van der Waals surface area (Å²) in [6.07, 6.45) is 13.1. The molecule has 6 heteroatoms. The minimum absolute atomic E-state index is 0.0154. The molecular formula is C24H21N5O. The predicted molar refractivity (Wildman–Crippen MR) is 118 cm³/mol. The number of allylic oxidation sites excluding steroid dienone is 1. The summed E-state index contributed by atoms with van der Waals surface area (Å²) in [7, 11) is 0. The molecule has 1 fully saturated rings. The molecule has 0 amide bonds. The molecule has 2 aliphatic rings. The van der Waals surface area contributed by atoms with Gasteiger partial charge in [0.1, 0.15) is 16.7 Å². The third kappa shape index (κ3) is 2.56. The molecule has 1 saturated carbocycles. The van der Waals surface area contributed by atoms with Crippen LogP contribution >= 0.6 is 0 Å². The molecule has 0 radical (unpaired) electrons. The minimum Gasteiger partial charge on any atom is -0.325 e. The monoisotopic (exact) mass is 395 g/mol. The van der Waals surface area contributed by atoms with Crippen LogP contribution in [0.25, 0.3) is 27.8 Å². The van der Waals surface area contributed by atoms with E-state index in [9.17, 15) is 4.79 Å². The summed E-state index contributed by atoms with van der Waals surface area (Å²) >= 11 is 0. The summed E-state index contributed by atoms with van der Waals surface area (Å²) in [6, 6.07) is 13.9. The molecule has 2 atom stereocenters. The van der Waals surface area contributed by atoms with E-state index in [0.717, 1.165) is 30.3 Å². The Hall–Kier alpha value is -3.54. The molecule has 2 unspecified atom stereocenters. The van der Waals surface area contributed by atoms with Gasteiger partial charge in [-0.15, -0.1) is 0 Å². The molecule has 30 heavy (non-hydrogen) atoms. The Balaban J connectivity index is 1.58. The quantitative estimate of drug-likeness (QED) is 0.494. The van der Waals surface area contributed by atoms with Crippen LogP contribution in [0.2, 0.25) is 0 Å². The summed E-state index contributed by atoms with van der Waals surface area (Å²) in [5.74, 6) is 0. The number of rotatable bonds is 3. The van der Waals surface area contributed by atoms with Crippen molar-refractivity contribution >= 4 is 28.3 Å². The Labute approximate surface area is 173 Å². The summed E-state index contributed by atoms with van der Waals surface area (Å²) in [6.45, 7) is 0.706. The molecule has 1 aliphatic heterocycles. The summed E-state index contributed by atoms with van der Waals surface area (Å²) in [5.41, 5.74) is 2.66. The minimum atomic E-state index is -0.0909. The molecule has 148 valence electrons. The first kappa shape index (κ1) is 17.3. The Morgan fingerprint density at radius 3 is 2.87 bits per heavy atom. The molecule has 3 aromatic heterocycles. The lowest BCUT2D eigenvalue weighted by atomic mass is 10.0. The van der Waals surface area contributed by atoms with Crippen LogP contribution in [0.15, 0.2) is 76.9 Å². The van der Waals surface area contributed by atoms with Crippen LogP contribution in [-0.4, -0.2) is 31.4 Å². The molecule has 0 bridgehead atoms. The lowest BCUT2D eigenvalue weighted by Crippen LogP contribution is -2.23. The zero-order valence-corrected chi connectivity index (χ0v) is 16.5. The van der Waals surface area contributed by atoms with Crippen molar-refractivity contribution in [3.05, 3.63) is 77.5 Å². The zero-order chi connectivity index (χ0) is 20.1. The molecule has 4 aromatic rings. The van der Waals surface area contributed by atoms with Crippen molar-refractivity contribution in [2.45, 2.75) is 31.8 Å². The van der Waals surface area contributed by atoms with Crippen LogP contribution in [0.5, 0.6) is 0 Å². The normalized spacial score (nSPS) is 23.8. The van der Waals surface area contributed by atoms with E-state index >= 15 is 0 Å². The van der Waals surface area contributed by atoms with Gasteiger partial charge in [0.2, 0.25) is 0 Å². The van der Waals surface area contributed by atoms with Gasteiger partial charge in [0, 0.05) is 23.5 Å². The van der Waals surface area contributed by atoms with Crippen molar-refractivity contribution in [3.8, 4) is 5.69 Å². The highest BCUT2D eigenvalue weighted by molar-refractivity contribution is 6.01. The van der Waals surface area contributed by atoms with Crippen molar-refractivity contribution in [2.75, 3.05) is 0 Å². The number of fused-ring (bicyclic) bond motifs is 4. The van der Waals surface area contributed by atoms with Gasteiger partial charge < -0.3 is 4.57 Å². The highest BCUT2D eigenvalue weighted by atomic mass is 16.1. The lowest BCUT2D eigenvalue weighted by Gasteiger charge is -2.15. The maximum Gasteiger partial charge on any atom is 0.282 e. The second-order valence-electron chi connectivity index (χ2n) is 8.18. The van der Waals surface area contributed by atoms with Crippen LogP contribution in [-0.2, 0) is 6.54 Å². The van der Waals surface area contributed by atoms with Crippen LogP contribution in [0.1, 0.15) is 19.3 Å². The van der Waals surface area contributed by atoms with Gasteiger partial charge in [0.05, 0.1) is 18.1 Å². The van der Waals surface area contributed by atoms with E-state index in [1.54, 1.807) is 17.1 Å². The average molecular weight is 395 g/mol. The SMILES string of the molecule is O=c1c2c(ncn2CC23/C=C\CCC=NC2C3)c2cccnc2n1-c1ccccc1. The smallest absolute Gasteiger partial charge is 0.282 e. The van der Waals surface area contributed by atoms with E-state index in [0.29, 0.717) is 29.3 Å². The maximum absolute atomic E-state index is 13.7. The standard InChI is InChI=1S/C24H21N5O/c30-23-21-20(18-10-7-13-26-22(18)29(23)17-8-3-1-4-9-17)27-16-28(21)15-24-11-5-2-6-12-25-19(24)14-24/h1,3-5,7-13,16,19H,2,6,14-15H2/b11-5-,25-12?. The number of hydrogen-bond acceptors (Lipinski definition) is 4. The van der Waals surface area contributed by atoms with Gasteiger partial charge in [-0.2, -0.15) is 0 Å². The topological polar surface area (TPSA) is 65.1 Å². The first-order valence-electron chi connectivity index (χ1n) is 10.4. The number of nitrogens with zero attached hydrogens (tertiary/aromatic N) is 5. The van der Waals surface area contributed by atoms with E-state index < -0.39 is 0 Å². The second kappa shape index (κ2) is 6.49.